The Hall–Kier alpha value is -1.60. The third-order valence-electron chi connectivity index (χ3n) is 2.04. The van der Waals surface area contributed by atoms with E-state index in [0.29, 0.717) is 12.4 Å². The van der Waals surface area contributed by atoms with Gasteiger partial charge in [-0.1, -0.05) is 5.92 Å². The van der Waals surface area contributed by atoms with E-state index in [4.69, 9.17) is 9.47 Å². The van der Waals surface area contributed by atoms with Crippen LogP contribution in [0.2, 0.25) is 0 Å². The van der Waals surface area contributed by atoms with Crippen LogP contribution in [0.4, 0.5) is 0 Å². The van der Waals surface area contributed by atoms with Crippen LogP contribution in [0.1, 0.15) is 20.8 Å². The topological polar surface area (TPSA) is 35.5 Å². The maximum atomic E-state index is 11.4. The number of hydrogen-bond acceptors (Lipinski definition) is 4. The fraction of sp³-hybridized carbons (Fsp3) is 0.400. The Morgan fingerprint density at radius 3 is 2.58 bits per heavy atom. The van der Waals surface area contributed by atoms with Crippen LogP contribution in [-0.2, 0) is 9.53 Å². The summed E-state index contributed by atoms with van der Waals surface area (Å²) in [5.74, 6) is 6.50. The molecule has 0 aliphatic carbocycles. The lowest BCUT2D eigenvalue weighted by Crippen LogP contribution is -2.13. The minimum absolute atomic E-state index is 0.0662. The van der Waals surface area contributed by atoms with E-state index >= 15 is 0 Å². The van der Waals surface area contributed by atoms with Crippen LogP contribution in [0.5, 0.6) is 5.75 Å². The summed E-state index contributed by atoms with van der Waals surface area (Å²) in [5, 5.41) is 0. The number of carbonyl (C=O) groups excluding carboxylic acids is 1. The van der Waals surface area contributed by atoms with Gasteiger partial charge in [0, 0.05) is 4.90 Å². The van der Waals surface area contributed by atoms with Crippen molar-refractivity contribution in [2.24, 2.45) is 0 Å². The molecule has 0 unspecified atom stereocenters. The Kier molecular flexibility index (Phi) is 6.91. The van der Waals surface area contributed by atoms with E-state index in [1.807, 2.05) is 38.1 Å². The van der Waals surface area contributed by atoms with E-state index in [1.165, 1.54) is 11.8 Å². The highest BCUT2D eigenvalue weighted by molar-refractivity contribution is 8.00. The molecule has 0 saturated carbocycles. The fourth-order valence-corrected chi connectivity index (χ4v) is 1.94. The second-order valence-corrected chi connectivity index (χ2v) is 5.06. The number of carbonyl (C=O) groups is 1. The highest BCUT2D eigenvalue weighted by Gasteiger charge is 2.06. The molecule has 102 valence electrons. The molecule has 0 aromatic heterocycles. The van der Waals surface area contributed by atoms with Crippen LogP contribution < -0.4 is 4.74 Å². The third-order valence-corrected chi connectivity index (χ3v) is 3.02. The molecule has 4 heteroatoms. The molecule has 1 aromatic carbocycles. The summed E-state index contributed by atoms with van der Waals surface area (Å²) in [5.41, 5.74) is 0. The number of esters is 1. The Morgan fingerprint density at radius 2 is 2.00 bits per heavy atom. The van der Waals surface area contributed by atoms with Gasteiger partial charge < -0.3 is 9.47 Å². The standard InChI is InChI=1S/C15H18O3S/c1-4-5-10-17-13-6-8-14(9-7-13)19-11-15(16)18-12(2)3/h6-9,12H,10-11H2,1-3H3. The lowest BCUT2D eigenvalue weighted by molar-refractivity contribution is -0.144. The first-order valence-electron chi connectivity index (χ1n) is 6.06. The molecular weight excluding hydrogens is 260 g/mol. The average Bonchev–Trinajstić information content (AvgIpc) is 2.37. The van der Waals surface area contributed by atoms with Gasteiger partial charge in [0.05, 0.1) is 11.9 Å². The Balaban J connectivity index is 2.39. The van der Waals surface area contributed by atoms with Gasteiger partial charge in [-0.3, -0.25) is 4.79 Å². The van der Waals surface area contributed by atoms with E-state index in [1.54, 1.807) is 6.92 Å². The van der Waals surface area contributed by atoms with Gasteiger partial charge >= 0.3 is 5.97 Å². The van der Waals surface area contributed by atoms with Crippen molar-refractivity contribution >= 4 is 17.7 Å². The smallest absolute Gasteiger partial charge is 0.316 e. The zero-order valence-electron chi connectivity index (χ0n) is 11.4. The van der Waals surface area contributed by atoms with Crippen molar-refractivity contribution in [3.8, 4) is 17.6 Å². The van der Waals surface area contributed by atoms with Crippen molar-refractivity contribution in [2.75, 3.05) is 12.4 Å². The summed E-state index contributed by atoms with van der Waals surface area (Å²) >= 11 is 1.45. The molecule has 0 bridgehead atoms. The van der Waals surface area contributed by atoms with Crippen molar-refractivity contribution in [1.29, 1.82) is 0 Å². The number of benzene rings is 1. The molecule has 0 aliphatic heterocycles. The Bertz CT molecular complexity index is 455. The number of hydrogen-bond donors (Lipinski definition) is 0. The molecule has 3 nitrogen and oxygen atoms in total. The summed E-state index contributed by atoms with van der Waals surface area (Å²) in [4.78, 5) is 12.4. The van der Waals surface area contributed by atoms with Gasteiger partial charge in [0.15, 0.2) is 0 Å². The van der Waals surface area contributed by atoms with Crippen molar-refractivity contribution in [2.45, 2.75) is 31.8 Å². The predicted molar refractivity (Wildman–Crippen MR) is 77.3 cm³/mol. The van der Waals surface area contributed by atoms with Crippen LogP contribution in [0.15, 0.2) is 29.2 Å². The first kappa shape index (κ1) is 15.5. The van der Waals surface area contributed by atoms with Crippen LogP contribution in [0, 0.1) is 11.8 Å². The Labute approximate surface area is 118 Å². The van der Waals surface area contributed by atoms with E-state index in [0.717, 1.165) is 10.6 Å². The summed E-state index contributed by atoms with van der Waals surface area (Å²) in [6, 6.07) is 7.57. The molecule has 0 fully saturated rings. The van der Waals surface area contributed by atoms with Gasteiger partial charge in [0.25, 0.3) is 0 Å². The molecule has 0 saturated heterocycles. The summed E-state index contributed by atoms with van der Waals surface area (Å²) in [6.45, 7) is 5.85. The van der Waals surface area contributed by atoms with Crippen molar-refractivity contribution in [3.63, 3.8) is 0 Å². The third kappa shape index (κ3) is 6.78. The SMILES string of the molecule is CC#CCOc1ccc(SCC(=O)OC(C)C)cc1. The first-order valence-corrected chi connectivity index (χ1v) is 7.05. The molecule has 1 rings (SSSR count). The monoisotopic (exact) mass is 278 g/mol. The highest BCUT2D eigenvalue weighted by Crippen LogP contribution is 2.21. The fourth-order valence-electron chi connectivity index (χ4n) is 1.26. The highest BCUT2D eigenvalue weighted by atomic mass is 32.2. The lowest BCUT2D eigenvalue weighted by atomic mass is 10.3. The van der Waals surface area contributed by atoms with E-state index in [-0.39, 0.29) is 12.1 Å². The van der Waals surface area contributed by atoms with E-state index in [2.05, 4.69) is 11.8 Å². The van der Waals surface area contributed by atoms with E-state index < -0.39 is 0 Å². The second kappa shape index (κ2) is 8.49. The first-order chi connectivity index (χ1) is 9.11. The average molecular weight is 278 g/mol. The molecule has 0 spiro atoms. The van der Waals surface area contributed by atoms with Gasteiger partial charge in [-0.15, -0.1) is 17.7 Å². The molecule has 0 N–H and O–H groups in total. The van der Waals surface area contributed by atoms with Crippen molar-refractivity contribution < 1.29 is 14.3 Å². The largest absolute Gasteiger partial charge is 0.481 e. The van der Waals surface area contributed by atoms with Gasteiger partial charge in [0.1, 0.15) is 12.4 Å². The van der Waals surface area contributed by atoms with Crippen LogP contribution in [0.3, 0.4) is 0 Å². The van der Waals surface area contributed by atoms with Crippen molar-refractivity contribution in [1.82, 2.24) is 0 Å². The zero-order chi connectivity index (χ0) is 14.1. The number of thioether (sulfide) groups is 1. The molecular formula is C15H18O3S. The Morgan fingerprint density at radius 1 is 1.32 bits per heavy atom. The van der Waals surface area contributed by atoms with E-state index in [9.17, 15) is 4.79 Å². The van der Waals surface area contributed by atoms with Gasteiger partial charge in [0.2, 0.25) is 0 Å². The summed E-state index contributed by atoms with van der Waals surface area (Å²) < 4.78 is 10.5. The zero-order valence-corrected chi connectivity index (χ0v) is 12.3. The van der Waals surface area contributed by atoms with Gasteiger partial charge in [-0.05, 0) is 45.0 Å². The molecule has 19 heavy (non-hydrogen) atoms. The predicted octanol–water partition coefficient (Wildman–Crippen LogP) is 3.13. The van der Waals surface area contributed by atoms with Gasteiger partial charge in [-0.2, -0.15) is 0 Å². The molecule has 0 heterocycles. The maximum Gasteiger partial charge on any atom is 0.316 e. The normalized spacial score (nSPS) is 9.68. The van der Waals surface area contributed by atoms with Crippen LogP contribution >= 0.6 is 11.8 Å². The molecule has 0 atom stereocenters. The van der Waals surface area contributed by atoms with Gasteiger partial charge in [-0.25, -0.2) is 0 Å². The summed E-state index contributed by atoms with van der Waals surface area (Å²) in [6.07, 6.45) is -0.0662. The molecule has 0 amide bonds. The molecule has 0 aliphatic rings. The lowest BCUT2D eigenvalue weighted by Gasteiger charge is -2.07. The minimum atomic E-state index is -0.196. The maximum absolute atomic E-state index is 11.4. The second-order valence-electron chi connectivity index (χ2n) is 4.01. The number of ether oxygens (including phenoxy) is 2. The summed E-state index contributed by atoms with van der Waals surface area (Å²) in [7, 11) is 0. The van der Waals surface area contributed by atoms with Crippen LogP contribution in [0.25, 0.3) is 0 Å². The quantitative estimate of drug-likeness (QED) is 0.455. The van der Waals surface area contributed by atoms with Crippen LogP contribution in [-0.4, -0.2) is 24.4 Å². The molecule has 0 radical (unpaired) electrons. The van der Waals surface area contributed by atoms with Crippen molar-refractivity contribution in [3.05, 3.63) is 24.3 Å². The minimum Gasteiger partial charge on any atom is -0.481 e. The molecule has 1 aromatic rings. The number of rotatable bonds is 6.